The largest absolute Gasteiger partial charge is 0.496 e. The van der Waals surface area contributed by atoms with Crippen molar-refractivity contribution in [1.29, 1.82) is 0 Å². The highest BCUT2D eigenvalue weighted by Gasteiger charge is 2.04. The molecule has 0 radical (unpaired) electrons. The van der Waals surface area contributed by atoms with E-state index in [9.17, 15) is 4.79 Å². The van der Waals surface area contributed by atoms with Crippen LogP contribution in [0.15, 0.2) is 24.3 Å². The molecular formula is C13H20N2O3. The summed E-state index contributed by atoms with van der Waals surface area (Å²) >= 11 is 0. The van der Waals surface area contributed by atoms with Gasteiger partial charge < -0.3 is 20.1 Å². The van der Waals surface area contributed by atoms with Crippen molar-refractivity contribution in [2.45, 2.75) is 6.54 Å². The highest BCUT2D eigenvalue weighted by molar-refractivity contribution is 5.78. The first-order valence-electron chi connectivity index (χ1n) is 5.86. The van der Waals surface area contributed by atoms with Crippen LogP contribution in [0.2, 0.25) is 0 Å². The zero-order chi connectivity index (χ0) is 13.2. The zero-order valence-corrected chi connectivity index (χ0v) is 10.9. The lowest BCUT2D eigenvalue weighted by molar-refractivity contribution is -0.120. The zero-order valence-electron chi connectivity index (χ0n) is 10.9. The number of hydrogen-bond acceptors (Lipinski definition) is 4. The van der Waals surface area contributed by atoms with Crippen molar-refractivity contribution in [2.24, 2.45) is 0 Å². The van der Waals surface area contributed by atoms with Gasteiger partial charge in [0.25, 0.3) is 0 Å². The van der Waals surface area contributed by atoms with Gasteiger partial charge in [-0.15, -0.1) is 0 Å². The number of amides is 1. The maximum absolute atomic E-state index is 11.5. The van der Waals surface area contributed by atoms with Gasteiger partial charge in [0.05, 0.1) is 20.3 Å². The normalized spacial score (nSPS) is 10.1. The Morgan fingerprint density at radius 2 is 2.06 bits per heavy atom. The minimum Gasteiger partial charge on any atom is -0.496 e. The van der Waals surface area contributed by atoms with Gasteiger partial charge in [0.1, 0.15) is 5.75 Å². The number of nitrogens with one attached hydrogen (secondary N) is 2. The van der Waals surface area contributed by atoms with E-state index in [4.69, 9.17) is 9.47 Å². The minimum absolute atomic E-state index is 0.0444. The van der Waals surface area contributed by atoms with Crippen LogP contribution in [0.4, 0.5) is 0 Å². The SMILES string of the molecule is COCCNCC(=O)NCc1ccccc1OC. The van der Waals surface area contributed by atoms with Crippen LogP contribution in [0.3, 0.4) is 0 Å². The third-order valence-corrected chi connectivity index (χ3v) is 2.44. The fraction of sp³-hybridized carbons (Fsp3) is 0.462. The molecule has 0 aliphatic carbocycles. The molecule has 0 atom stereocenters. The van der Waals surface area contributed by atoms with Gasteiger partial charge in [-0.2, -0.15) is 0 Å². The van der Waals surface area contributed by atoms with E-state index in [1.54, 1.807) is 14.2 Å². The molecule has 18 heavy (non-hydrogen) atoms. The minimum atomic E-state index is -0.0444. The first-order valence-corrected chi connectivity index (χ1v) is 5.86. The Morgan fingerprint density at radius 3 is 2.78 bits per heavy atom. The third kappa shape index (κ3) is 5.16. The number of ether oxygens (including phenoxy) is 2. The molecule has 1 aromatic rings. The molecule has 5 heteroatoms. The summed E-state index contributed by atoms with van der Waals surface area (Å²) in [6, 6.07) is 7.62. The predicted octanol–water partition coefficient (Wildman–Crippen LogP) is 0.547. The van der Waals surface area contributed by atoms with Gasteiger partial charge in [-0.1, -0.05) is 18.2 Å². The van der Waals surface area contributed by atoms with E-state index in [2.05, 4.69) is 10.6 Å². The van der Waals surface area contributed by atoms with Crippen LogP contribution < -0.4 is 15.4 Å². The van der Waals surface area contributed by atoms with Crippen molar-refractivity contribution in [1.82, 2.24) is 10.6 Å². The van der Waals surface area contributed by atoms with Crippen molar-refractivity contribution in [3.63, 3.8) is 0 Å². The number of para-hydroxylation sites is 1. The number of carbonyl (C=O) groups is 1. The van der Waals surface area contributed by atoms with Crippen LogP contribution in [-0.2, 0) is 16.1 Å². The Labute approximate surface area is 107 Å². The van der Waals surface area contributed by atoms with Crippen LogP contribution in [-0.4, -0.2) is 39.8 Å². The summed E-state index contributed by atoms with van der Waals surface area (Å²) in [6.45, 7) is 2.02. The topological polar surface area (TPSA) is 59.6 Å². The first kappa shape index (κ1) is 14.5. The van der Waals surface area contributed by atoms with Gasteiger partial charge in [-0.05, 0) is 6.07 Å². The van der Waals surface area contributed by atoms with Gasteiger partial charge in [0.2, 0.25) is 5.91 Å². The summed E-state index contributed by atoms with van der Waals surface area (Å²) in [5, 5.41) is 5.81. The van der Waals surface area contributed by atoms with Crippen molar-refractivity contribution >= 4 is 5.91 Å². The Kier molecular flexibility index (Phi) is 6.83. The van der Waals surface area contributed by atoms with Crippen LogP contribution in [0.25, 0.3) is 0 Å². The molecule has 0 aliphatic rings. The summed E-state index contributed by atoms with van der Waals surface area (Å²) in [6.07, 6.45) is 0. The van der Waals surface area contributed by atoms with Gasteiger partial charge >= 0.3 is 0 Å². The average Bonchev–Trinajstić information content (AvgIpc) is 2.41. The summed E-state index contributed by atoms with van der Waals surface area (Å²) in [7, 11) is 3.25. The summed E-state index contributed by atoms with van der Waals surface area (Å²) in [5.41, 5.74) is 0.963. The van der Waals surface area contributed by atoms with Crippen LogP contribution >= 0.6 is 0 Å². The first-order chi connectivity index (χ1) is 8.77. The maximum atomic E-state index is 11.5. The summed E-state index contributed by atoms with van der Waals surface area (Å²) < 4.78 is 10.1. The molecule has 0 saturated heterocycles. The standard InChI is InChI=1S/C13H20N2O3/c1-17-8-7-14-10-13(16)15-9-11-5-3-4-6-12(11)18-2/h3-6,14H,7-10H2,1-2H3,(H,15,16). The van der Waals surface area contributed by atoms with E-state index < -0.39 is 0 Å². The third-order valence-electron chi connectivity index (χ3n) is 2.44. The number of benzene rings is 1. The quantitative estimate of drug-likeness (QED) is 0.663. The molecule has 1 rings (SSSR count). The lowest BCUT2D eigenvalue weighted by Crippen LogP contribution is -2.34. The van der Waals surface area contributed by atoms with E-state index in [-0.39, 0.29) is 5.91 Å². The van der Waals surface area contributed by atoms with E-state index >= 15 is 0 Å². The highest BCUT2D eigenvalue weighted by Crippen LogP contribution is 2.16. The lowest BCUT2D eigenvalue weighted by Gasteiger charge is -2.09. The molecular weight excluding hydrogens is 232 g/mol. The fourth-order valence-electron chi connectivity index (χ4n) is 1.48. The van der Waals surface area contributed by atoms with Gasteiger partial charge in [-0.25, -0.2) is 0 Å². The smallest absolute Gasteiger partial charge is 0.234 e. The summed E-state index contributed by atoms with van der Waals surface area (Å²) in [4.78, 5) is 11.5. The van der Waals surface area contributed by atoms with E-state index in [0.717, 1.165) is 11.3 Å². The van der Waals surface area contributed by atoms with Crippen LogP contribution in [0.1, 0.15) is 5.56 Å². The van der Waals surface area contributed by atoms with Crippen molar-refractivity contribution in [3.05, 3.63) is 29.8 Å². The fourth-order valence-corrected chi connectivity index (χ4v) is 1.48. The van der Waals surface area contributed by atoms with Gasteiger partial charge in [0, 0.05) is 25.8 Å². The molecule has 5 nitrogen and oxygen atoms in total. The van der Waals surface area contributed by atoms with E-state index in [0.29, 0.717) is 26.2 Å². The number of carbonyl (C=O) groups excluding carboxylic acids is 1. The molecule has 0 unspecified atom stereocenters. The van der Waals surface area contributed by atoms with E-state index in [1.165, 1.54) is 0 Å². The monoisotopic (exact) mass is 252 g/mol. The molecule has 0 spiro atoms. The van der Waals surface area contributed by atoms with Crippen LogP contribution in [0.5, 0.6) is 5.75 Å². The Bertz CT molecular complexity index is 369. The number of rotatable bonds is 8. The molecule has 0 fully saturated rings. The molecule has 1 amide bonds. The molecule has 100 valence electrons. The van der Waals surface area contributed by atoms with Crippen LogP contribution in [0, 0.1) is 0 Å². The Balaban J connectivity index is 2.29. The van der Waals surface area contributed by atoms with E-state index in [1.807, 2.05) is 24.3 Å². The second kappa shape index (κ2) is 8.49. The summed E-state index contributed by atoms with van der Waals surface area (Å²) in [5.74, 6) is 0.738. The highest BCUT2D eigenvalue weighted by atomic mass is 16.5. The average molecular weight is 252 g/mol. The van der Waals surface area contributed by atoms with Gasteiger partial charge in [0.15, 0.2) is 0 Å². The lowest BCUT2D eigenvalue weighted by atomic mass is 10.2. The molecule has 2 N–H and O–H groups in total. The second-order valence-corrected chi connectivity index (χ2v) is 3.76. The maximum Gasteiger partial charge on any atom is 0.234 e. The van der Waals surface area contributed by atoms with Crippen molar-refractivity contribution in [3.8, 4) is 5.75 Å². The molecule has 0 saturated carbocycles. The van der Waals surface area contributed by atoms with Crippen molar-refractivity contribution < 1.29 is 14.3 Å². The molecule has 1 aromatic carbocycles. The number of methoxy groups -OCH3 is 2. The van der Waals surface area contributed by atoms with Gasteiger partial charge in [-0.3, -0.25) is 4.79 Å². The molecule has 0 aromatic heterocycles. The molecule has 0 aliphatic heterocycles. The predicted molar refractivity (Wildman–Crippen MR) is 69.6 cm³/mol. The Morgan fingerprint density at radius 1 is 1.28 bits per heavy atom. The number of hydrogen-bond donors (Lipinski definition) is 2. The molecule has 0 heterocycles. The Hall–Kier alpha value is -1.59. The molecule has 0 bridgehead atoms. The second-order valence-electron chi connectivity index (χ2n) is 3.76. The van der Waals surface area contributed by atoms with Crippen molar-refractivity contribution in [2.75, 3.05) is 33.9 Å².